The number of benzene rings is 2. The third kappa shape index (κ3) is 5.17. The third-order valence-corrected chi connectivity index (χ3v) is 5.66. The molecule has 3 rings (SSSR count). The number of amides is 1. The molecule has 1 amide bonds. The highest BCUT2D eigenvalue weighted by Crippen LogP contribution is 2.25. The molecule has 0 aliphatic rings. The summed E-state index contributed by atoms with van der Waals surface area (Å²) in [7, 11) is 0. The Kier molecular flexibility index (Phi) is 6.93. The second-order valence-corrected chi connectivity index (χ2v) is 7.68. The Bertz CT molecular complexity index is 972. The first kappa shape index (κ1) is 20.9. The number of aryl methyl sites for hydroxylation is 1. The van der Waals surface area contributed by atoms with Gasteiger partial charge in [0.25, 0.3) is 0 Å². The number of thioether (sulfide) groups is 1. The number of carbonyl (C=O) groups excluding carboxylic acids is 1. The molecule has 0 bridgehead atoms. The Balaban J connectivity index is 1.64. The van der Waals surface area contributed by atoms with Gasteiger partial charge < -0.3 is 14.6 Å². The Labute approximate surface area is 175 Å². The molecule has 7 heteroatoms. The second kappa shape index (κ2) is 9.60. The van der Waals surface area contributed by atoms with Crippen LogP contribution in [0.3, 0.4) is 0 Å². The van der Waals surface area contributed by atoms with Gasteiger partial charge in [-0.3, -0.25) is 4.79 Å². The van der Waals surface area contributed by atoms with Gasteiger partial charge in [-0.05, 0) is 57.0 Å². The van der Waals surface area contributed by atoms with E-state index in [1.807, 2.05) is 80.8 Å². The molecule has 0 aliphatic carbocycles. The quantitative estimate of drug-likeness (QED) is 0.541. The SMILES string of the molecule is CCn1c(SCC(=O)Nc2cccc(C)c2C)nnc1C(C)Oc1ccccc1. The predicted molar refractivity (Wildman–Crippen MR) is 116 cm³/mol. The van der Waals surface area contributed by atoms with Gasteiger partial charge in [-0.15, -0.1) is 10.2 Å². The van der Waals surface area contributed by atoms with Gasteiger partial charge in [0.15, 0.2) is 17.1 Å². The lowest BCUT2D eigenvalue weighted by Crippen LogP contribution is -2.16. The fourth-order valence-corrected chi connectivity index (χ4v) is 3.77. The topological polar surface area (TPSA) is 69.0 Å². The summed E-state index contributed by atoms with van der Waals surface area (Å²) in [6, 6.07) is 15.5. The van der Waals surface area contributed by atoms with E-state index < -0.39 is 0 Å². The molecule has 0 saturated carbocycles. The normalized spacial score (nSPS) is 11.9. The minimum Gasteiger partial charge on any atom is -0.483 e. The molecule has 1 aromatic heterocycles. The highest BCUT2D eigenvalue weighted by atomic mass is 32.2. The van der Waals surface area contributed by atoms with Crippen LogP contribution in [0.4, 0.5) is 5.69 Å². The van der Waals surface area contributed by atoms with Crippen LogP contribution in [0, 0.1) is 13.8 Å². The van der Waals surface area contributed by atoms with E-state index >= 15 is 0 Å². The third-order valence-electron chi connectivity index (χ3n) is 4.69. The van der Waals surface area contributed by atoms with Crippen LogP contribution >= 0.6 is 11.8 Å². The number of aromatic nitrogens is 3. The molecule has 152 valence electrons. The van der Waals surface area contributed by atoms with E-state index in [0.717, 1.165) is 28.4 Å². The maximum absolute atomic E-state index is 12.4. The molecule has 1 unspecified atom stereocenters. The number of nitrogens with one attached hydrogen (secondary N) is 1. The molecule has 3 aromatic rings. The molecule has 0 aliphatic heterocycles. The van der Waals surface area contributed by atoms with Crippen molar-refractivity contribution in [2.45, 2.75) is 45.5 Å². The van der Waals surface area contributed by atoms with E-state index in [-0.39, 0.29) is 17.8 Å². The Morgan fingerprint density at radius 3 is 2.62 bits per heavy atom. The van der Waals surface area contributed by atoms with Crippen molar-refractivity contribution < 1.29 is 9.53 Å². The van der Waals surface area contributed by atoms with Gasteiger partial charge in [0.05, 0.1) is 5.75 Å². The van der Waals surface area contributed by atoms with Crippen LogP contribution in [0.15, 0.2) is 53.7 Å². The number of nitrogens with zero attached hydrogens (tertiary/aromatic N) is 3. The van der Waals surface area contributed by atoms with Crippen LogP contribution in [0.5, 0.6) is 5.75 Å². The monoisotopic (exact) mass is 410 g/mol. The van der Waals surface area contributed by atoms with Crippen molar-refractivity contribution in [3.63, 3.8) is 0 Å². The standard InChI is InChI=1S/C22H26N4O2S/c1-5-26-21(17(4)28-18-11-7-6-8-12-18)24-25-22(26)29-14-20(27)23-19-13-9-10-15(2)16(19)3/h6-13,17H,5,14H2,1-4H3,(H,23,27). The molecule has 0 spiro atoms. The maximum Gasteiger partial charge on any atom is 0.234 e. The Hall–Kier alpha value is -2.80. The fourth-order valence-electron chi connectivity index (χ4n) is 2.96. The number of ether oxygens (including phenoxy) is 1. The average Bonchev–Trinajstić information content (AvgIpc) is 3.14. The molecule has 2 aromatic carbocycles. The van der Waals surface area contributed by atoms with Crippen LogP contribution in [-0.4, -0.2) is 26.4 Å². The van der Waals surface area contributed by atoms with Crippen LogP contribution in [0.25, 0.3) is 0 Å². The molecule has 0 fully saturated rings. The van der Waals surface area contributed by atoms with Crippen molar-refractivity contribution in [1.29, 1.82) is 0 Å². The van der Waals surface area contributed by atoms with E-state index in [2.05, 4.69) is 15.5 Å². The first-order valence-corrected chi connectivity index (χ1v) is 10.6. The highest BCUT2D eigenvalue weighted by molar-refractivity contribution is 7.99. The summed E-state index contributed by atoms with van der Waals surface area (Å²) < 4.78 is 7.96. The minimum absolute atomic E-state index is 0.0653. The molecular formula is C22H26N4O2S. The summed E-state index contributed by atoms with van der Waals surface area (Å²) in [6.45, 7) is 8.72. The Morgan fingerprint density at radius 2 is 1.90 bits per heavy atom. The Morgan fingerprint density at radius 1 is 1.14 bits per heavy atom. The van der Waals surface area contributed by atoms with Crippen molar-refractivity contribution in [3.8, 4) is 5.75 Å². The molecule has 0 saturated heterocycles. The van der Waals surface area contributed by atoms with Crippen LogP contribution in [0.1, 0.15) is 36.9 Å². The molecule has 1 N–H and O–H groups in total. The average molecular weight is 411 g/mol. The van der Waals surface area contributed by atoms with E-state index in [1.165, 1.54) is 11.8 Å². The van der Waals surface area contributed by atoms with E-state index in [0.29, 0.717) is 11.7 Å². The van der Waals surface area contributed by atoms with Crippen LogP contribution in [0.2, 0.25) is 0 Å². The molecule has 29 heavy (non-hydrogen) atoms. The summed E-state index contributed by atoms with van der Waals surface area (Å²) in [5.41, 5.74) is 3.08. The van der Waals surface area contributed by atoms with Crippen molar-refractivity contribution in [2.24, 2.45) is 0 Å². The smallest absolute Gasteiger partial charge is 0.234 e. The van der Waals surface area contributed by atoms with Gasteiger partial charge in [0.1, 0.15) is 5.75 Å². The van der Waals surface area contributed by atoms with Crippen LogP contribution in [-0.2, 0) is 11.3 Å². The zero-order valence-corrected chi connectivity index (χ0v) is 18.0. The highest BCUT2D eigenvalue weighted by Gasteiger charge is 2.19. The summed E-state index contributed by atoms with van der Waals surface area (Å²) >= 11 is 1.38. The maximum atomic E-state index is 12.4. The molecule has 1 atom stereocenters. The van der Waals surface area contributed by atoms with E-state index in [4.69, 9.17) is 4.74 Å². The number of carbonyl (C=O) groups is 1. The van der Waals surface area contributed by atoms with Crippen molar-refractivity contribution in [3.05, 3.63) is 65.5 Å². The summed E-state index contributed by atoms with van der Waals surface area (Å²) in [6.07, 6.45) is -0.247. The lowest BCUT2D eigenvalue weighted by molar-refractivity contribution is -0.113. The van der Waals surface area contributed by atoms with Crippen molar-refractivity contribution in [1.82, 2.24) is 14.8 Å². The van der Waals surface area contributed by atoms with Gasteiger partial charge >= 0.3 is 0 Å². The van der Waals surface area contributed by atoms with Gasteiger partial charge in [0.2, 0.25) is 5.91 Å². The fraction of sp³-hybridized carbons (Fsp3) is 0.318. The number of anilines is 1. The predicted octanol–water partition coefficient (Wildman–Crippen LogP) is 4.79. The van der Waals surface area contributed by atoms with Gasteiger partial charge in [-0.2, -0.15) is 0 Å². The summed E-state index contributed by atoms with van der Waals surface area (Å²) in [5.74, 6) is 1.73. The van der Waals surface area contributed by atoms with E-state index in [1.54, 1.807) is 0 Å². The van der Waals surface area contributed by atoms with Crippen LogP contribution < -0.4 is 10.1 Å². The first-order valence-electron chi connectivity index (χ1n) is 9.63. The lowest BCUT2D eigenvalue weighted by Gasteiger charge is -2.15. The van der Waals surface area contributed by atoms with Gasteiger partial charge in [-0.25, -0.2) is 0 Å². The lowest BCUT2D eigenvalue weighted by atomic mass is 10.1. The molecule has 1 heterocycles. The summed E-state index contributed by atoms with van der Waals surface area (Å²) in [4.78, 5) is 12.4. The summed E-state index contributed by atoms with van der Waals surface area (Å²) in [5, 5.41) is 12.3. The second-order valence-electron chi connectivity index (χ2n) is 6.74. The van der Waals surface area contributed by atoms with E-state index in [9.17, 15) is 4.79 Å². The van der Waals surface area contributed by atoms with Gasteiger partial charge in [-0.1, -0.05) is 42.1 Å². The van der Waals surface area contributed by atoms with Crippen molar-refractivity contribution in [2.75, 3.05) is 11.1 Å². The molecular weight excluding hydrogens is 384 g/mol. The van der Waals surface area contributed by atoms with Gasteiger partial charge in [0, 0.05) is 12.2 Å². The molecule has 6 nitrogen and oxygen atoms in total. The van der Waals surface area contributed by atoms with Crippen molar-refractivity contribution >= 4 is 23.4 Å². The molecule has 0 radical (unpaired) electrons. The largest absolute Gasteiger partial charge is 0.483 e. The minimum atomic E-state index is -0.247. The zero-order chi connectivity index (χ0) is 20.8. The number of hydrogen-bond donors (Lipinski definition) is 1. The number of para-hydroxylation sites is 1. The zero-order valence-electron chi connectivity index (χ0n) is 17.2. The number of rotatable bonds is 8. The first-order chi connectivity index (χ1) is 14.0. The number of hydrogen-bond acceptors (Lipinski definition) is 5.